The molecule has 118 valence electrons. The van der Waals surface area contributed by atoms with E-state index in [0.717, 1.165) is 24.2 Å². The first-order valence-corrected chi connectivity index (χ1v) is 7.66. The lowest BCUT2D eigenvalue weighted by Crippen LogP contribution is -2.40. The molecule has 0 fully saturated rings. The van der Waals surface area contributed by atoms with Crippen LogP contribution in [-0.2, 0) is 4.74 Å². The Hall–Kier alpha value is -1.55. The smallest absolute Gasteiger partial charge is 0.251 e. The number of nitrogens with one attached hydrogen (secondary N) is 2. The third kappa shape index (κ3) is 5.76. The average molecular weight is 292 g/mol. The lowest BCUT2D eigenvalue weighted by Gasteiger charge is -2.25. The van der Waals surface area contributed by atoms with Gasteiger partial charge in [-0.05, 0) is 57.9 Å². The number of carbonyl (C=O) groups excluding carboxylic acids is 1. The third-order valence-corrected chi connectivity index (χ3v) is 3.26. The minimum Gasteiger partial charge on any atom is -0.385 e. The molecule has 0 bridgehead atoms. The number of amides is 1. The Morgan fingerprint density at radius 3 is 2.57 bits per heavy atom. The molecule has 0 saturated heterocycles. The van der Waals surface area contributed by atoms with Crippen LogP contribution in [0.25, 0.3) is 0 Å². The zero-order valence-electron chi connectivity index (χ0n) is 13.9. The number of carbonyl (C=O) groups is 1. The first-order chi connectivity index (χ1) is 9.89. The number of benzene rings is 1. The third-order valence-electron chi connectivity index (χ3n) is 3.26. The Morgan fingerprint density at radius 2 is 2.00 bits per heavy atom. The highest BCUT2D eigenvalue weighted by atomic mass is 16.5. The summed E-state index contributed by atoms with van der Waals surface area (Å²) in [6.07, 6.45) is 1.08. The fraction of sp³-hybridized carbons (Fsp3) is 0.588. The van der Waals surface area contributed by atoms with Gasteiger partial charge in [0.15, 0.2) is 0 Å². The molecule has 0 aliphatic heterocycles. The fourth-order valence-electron chi connectivity index (χ4n) is 2.13. The van der Waals surface area contributed by atoms with E-state index in [1.807, 2.05) is 45.9 Å². The highest BCUT2D eigenvalue weighted by Gasteiger charge is 2.19. The summed E-state index contributed by atoms with van der Waals surface area (Å²) in [4.78, 5) is 12.3. The monoisotopic (exact) mass is 292 g/mol. The van der Waals surface area contributed by atoms with E-state index < -0.39 is 0 Å². The molecule has 0 unspecified atom stereocenters. The van der Waals surface area contributed by atoms with Crippen molar-refractivity contribution in [1.82, 2.24) is 5.32 Å². The number of anilines is 1. The molecular weight excluding hydrogens is 264 g/mol. The largest absolute Gasteiger partial charge is 0.385 e. The molecule has 2 N–H and O–H groups in total. The van der Waals surface area contributed by atoms with Crippen LogP contribution in [0.2, 0.25) is 0 Å². The molecule has 0 heterocycles. The van der Waals surface area contributed by atoms with Gasteiger partial charge in [0.1, 0.15) is 0 Å². The van der Waals surface area contributed by atoms with E-state index in [1.54, 1.807) is 0 Å². The van der Waals surface area contributed by atoms with Crippen molar-refractivity contribution in [1.29, 1.82) is 0 Å². The van der Waals surface area contributed by atoms with Crippen LogP contribution >= 0.6 is 0 Å². The number of hydrogen-bond donors (Lipinski definition) is 2. The molecule has 0 aliphatic rings. The molecule has 4 nitrogen and oxygen atoms in total. The predicted molar refractivity (Wildman–Crippen MR) is 88.0 cm³/mol. The second kappa shape index (κ2) is 8.03. The SMILES string of the molecule is CCCNc1ccc(C(=O)NCC(C)(C)OCC)c(C)c1. The molecule has 21 heavy (non-hydrogen) atoms. The summed E-state index contributed by atoms with van der Waals surface area (Å²) in [6.45, 7) is 12.1. The molecule has 0 atom stereocenters. The van der Waals surface area contributed by atoms with Crippen molar-refractivity contribution < 1.29 is 9.53 Å². The van der Waals surface area contributed by atoms with Crippen LogP contribution < -0.4 is 10.6 Å². The quantitative estimate of drug-likeness (QED) is 0.772. The van der Waals surface area contributed by atoms with Gasteiger partial charge in [0.2, 0.25) is 0 Å². The second-order valence-corrected chi connectivity index (χ2v) is 5.83. The lowest BCUT2D eigenvalue weighted by molar-refractivity contribution is -0.00816. The van der Waals surface area contributed by atoms with Gasteiger partial charge in [-0.3, -0.25) is 4.79 Å². The van der Waals surface area contributed by atoms with Crippen LogP contribution in [0, 0.1) is 6.92 Å². The van der Waals surface area contributed by atoms with Crippen molar-refractivity contribution >= 4 is 11.6 Å². The Balaban J connectivity index is 2.66. The zero-order valence-corrected chi connectivity index (χ0v) is 13.9. The van der Waals surface area contributed by atoms with E-state index >= 15 is 0 Å². The first kappa shape index (κ1) is 17.5. The van der Waals surface area contributed by atoms with E-state index in [2.05, 4.69) is 17.6 Å². The Kier molecular flexibility index (Phi) is 6.69. The Morgan fingerprint density at radius 1 is 1.29 bits per heavy atom. The van der Waals surface area contributed by atoms with Crippen molar-refractivity contribution in [2.75, 3.05) is 25.0 Å². The molecule has 4 heteroatoms. The van der Waals surface area contributed by atoms with Crippen LogP contribution in [-0.4, -0.2) is 31.2 Å². The first-order valence-electron chi connectivity index (χ1n) is 7.66. The Labute approximate surface area is 128 Å². The lowest BCUT2D eigenvalue weighted by atomic mass is 10.1. The van der Waals surface area contributed by atoms with Crippen molar-refractivity contribution in [3.63, 3.8) is 0 Å². The molecule has 0 saturated carbocycles. The Bertz CT molecular complexity index is 470. The summed E-state index contributed by atoms with van der Waals surface area (Å²) < 4.78 is 5.58. The standard InChI is InChI=1S/C17H28N2O2/c1-6-10-18-14-8-9-15(13(3)11-14)16(20)19-12-17(4,5)21-7-2/h8-9,11,18H,6-7,10,12H2,1-5H3,(H,19,20). The number of aryl methyl sites for hydroxylation is 1. The van der Waals surface area contributed by atoms with Crippen LogP contribution in [0.5, 0.6) is 0 Å². The highest BCUT2D eigenvalue weighted by molar-refractivity contribution is 5.96. The van der Waals surface area contributed by atoms with Gasteiger partial charge in [0.05, 0.1) is 5.60 Å². The fourth-order valence-corrected chi connectivity index (χ4v) is 2.13. The normalized spacial score (nSPS) is 11.3. The number of rotatable bonds is 8. The van der Waals surface area contributed by atoms with Gasteiger partial charge in [-0.1, -0.05) is 6.92 Å². The topological polar surface area (TPSA) is 50.4 Å². The summed E-state index contributed by atoms with van der Waals surface area (Å²) in [5, 5.41) is 6.27. The van der Waals surface area contributed by atoms with E-state index in [-0.39, 0.29) is 11.5 Å². The van der Waals surface area contributed by atoms with Gasteiger partial charge >= 0.3 is 0 Å². The van der Waals surface area contributed by atoms with Crippen LogP contribution in [0.15, 0.2) is 18.2 Å². The minimum atomic E-state index is -0.346. The number of hydrogen-bond acceptors (Lipinski definition) is 3. The maximum absolute atomic E-state index is 12.3. The molecular formula is C17H28N2O2. The molecule has 1 rings (SSSR count). The maximum Gasteiger partial charge on any atom is 0.251 e. The van der Waals surface area contributed by atoms with Gasteiger partial charge in [0, 0.05) is 30.9 Å². The summed E-state index contributed by atoms with van der Waals surface area (Å²) in [7, 11) is 0. The maximum atomic E-state index is 12.3. The highest BCUT2D eigenvalue weighted by Crippen LogP contribution is 2.16. The predicted octanol–water partition coefficient (Wildman–Crippen LogP) is 3.36. The second-order valence-electron chi connectivity index (χ2n) is 5.83. The molecule has 0 aromatic heterocycles. The van der Waals surface area contributed by atoms with Crippen LogP contribution in [0.3, 0.4) is 0 Å². The molecule has 1 aromatic rings. The van der Waals surface area contributed by atoms with E-state index in [4.69, 9.17) is 4.74 Å². The molecule has 0 radical (unpaired) electrons. The average Bonchev–Trinajstić information content (AvgIpc) is 2.42. The zero-order chi connectivity index (χ0) is 15.9. The van der Waals surface area contributed by atoms with Crippen LogP contribution in [0.1, 0.15) is 50.0 Å². The van der Waals surface area contributed by atoms with Crippen molar-refractivity contribution in [3.8, 4) is 0 Å². The van der Waals surface area contributed by atoms with Gasteiger partial charge in [-0.2, -0.15) is 0 Å². The summed E-state index contributed by atoms with van der Waals surface area (Å²) in [6, 6.07) is 5.83. The number of ether oxygens (including phenoxy) is 1. The molecule has 1 amide bonds. The van der Waals surface area contributed by atoms with Gasteiger partial charge < -0.3 is 15.4 Å². The van der Waals surface area contributed by atoms with Gasteiger partial charge in [-0.15, -0.1) is 0 Å². The van der Waals surface area contributed by atoms with Gasteiger partial charge in [-0.25, -0.2) is 0 Å². The van der Waals surface area contributed by atoms with Crippen molar-refractivity contribution in [2.45, 2.75) is 46.6 Å². The summed E-state index contributed by atoms with van der Waals surface area (Å²) >= 11 is 0. The van der Waals surface area contributed by atoms with E-state index in [9.17, 15) is 4.79 Å². The van der Waals surface area contributed by atoms with Crippen molar-refractivity contribution in [3.05, 3.63) is 29.3 Å². The molecule has 0 aliphatic carbocycles. The van der Waals surface area contributed by atoms with Crippen LogP contribution in [0.4, 0.5) is 5.69 Å². The minimum absolute atomic E-state index is 0.0534. The molecule has 1 aromatic carbocycles. The van der Waals surface area contributed by atoms with Gasteiger partial charge in [0.25, 0.3) is 5.91 Å². The molecule has 0 spiro atoms. The van der Waals surface area contributed by atoms with Crippen molar-refractivity contribution in [2.24, 2.45) is 0 Å². The van der Waals surface area contributed by atoms with E-state index in [0.29, 0.717) is 18.7 Å². The summed E-state index contributed by atoms with van der Waals surface area (Å²) in [5.74, 6) is -0.0534. The van der Waals surface area contributed by atoms with E-state index in [1.165, 1.54) is 0 Å². The summed E-state index contributed by atoms with van der Waals surface area (Å²) in [5.41, 5.74) is 2.40.